The van der Waals surface area contributed by atoms with Gasteiger partial charge in [0.25, 0.3) is 0 Å². The Morgan fingerprint density at radius 2 is 1.71 bits per heavy atom. The van der Waals surface area contributed by atoms with E-state index in [1.807, 2.05) is 6.26 Å². The van der Waals surface area contributed by atoms with Crippen LogP contribution in [0.4, 0.5) is 13.2 Å². The third kappa shape index (κ3) is 12.0. The van der Waals surface area contributed by atoms with Gasteiger partial charge in [-0.15, -0.1) is 0 Å². The molecule has 21 heavy (non-hydrogen) atoms. The largest absolute Gasteiger partial charge is 0.490 e. The molecule has 0 aromatic heterocycles. The highest BCUT2D eigenvalue weighted by Gasteiger charge is 2.38. The van der Waals surface area contributed by atoms with E-state index in [0.717, 1.165) is 5.75 Å². The van der Waals surface area contributed by atoms with Gasteiger partial charge < -0.3 is 21.3 Å². The van der Waals surface area contributed by atoms with Gasteiger partial charge in [0.2, 0.25) is 5.91 Å². The molecular formula is C10H17F3N2O5S. The van der Waals surface area contributed by atoms with Crippen molar-refractivity contribution in [2.75, 3.05) is 12.0 Å². The summed E-state index contributed by atoms with van der Waals surface area (Å²) in [4.78, 5) is 30.6. The number of amides is 1. The molecule has 0 aliphatic carbocycles. The number of hydrogen-bond donors (Lipinski definition) is 4. The SMILES string of the molecule is CSCC[C@@H](N)C(=O)N[C@@H](C)C(=O)O.O=C(O)C(F)(F)F. The topological polar surface area (TPSA) is 130 Å². The average Bonchev–Trinajstić information content (AvgIpc) is 2.35. The summed E-state index contributed by atoms with van der Waals surface area (Å²) in [7, 11) is 0. The Bertz CT molecular complexity index is 365. The van der Waals surface area contributed by atoms with Crippen molar-refractivity contribution < 1.29 is 37.8 Å². The summed E-state index contributed by atoms with van der Waals surface area (Å²) in [5.41, 5.74) is 5.53. The van der Waals surface area contributed by atoms with Crippen LogP contribution in [0.15, 0.2) is 0 Å². The Kier molecular flexibility index (Phi) is 10.7. The zero-order chi connectivity index (χ0) is 17.2. The molecule has 124 valence electrons. The van der Waals surface area contributed by atoms with Crippen LogP contribution in [0.1, 0.15) is 13.3 Å². The van der Waals surface area contributed by atoms with Crippen LogP contribution in [0.25, 0.3) is 0 Å². The number of rotatable bonds is 6. The molecule has 0 aliphatic rings. The first-order valence-electron chi connectivity index (χ1n) is 5.51. The molecule has 0 radical (unpaired) electrons. The van der Waals surface area contributed by atoms with Crippen molar-refractivity contribution in [1.82, 2.24) is 5.32 Å². The van der Waals surface area contributed by atoms with Crippen LogP contribution in [0.5, 0.6) is 0 Å². The Morgan fingerprint density at radius 3 is 2.00 bits per heavy atom. The fourth-order valence-corrected chi connectivity index (χ4v) is 1.25. The second-order valence-corrected chi connectivity index (χ2v) is 4.74. The molecule has 2 atom stereocenters. The van der Waals surface area contributed by atoms with Crippen LogP contribution < -0.4 is 11.1 Å². The third-order valence-electron chi connectivity index (χ3n) is 1.94. The van der Waals surface area contributed by atoms with E-state index in [-0.39, 0.29) is 0 Å². The molecule has 0 saturated carbocycles. The molecule has 0 saturated heterocycles. The number of carboxylic acids is 2. The molecule has 1 amide bonds. The van der Waals surface area contributed by atoms with Crippen LogP contribution >= 0.6 is 11.8 Å². The molecule has 0 fully saturated rings. The number of hydrogen-bond acceptors (Lipinski definition) is 5. The van der Waals surface area contributed by atoms with E-state index < -0.39 is 36.1 Å². The molecule has 0 aromatic carbocycles. The number of carboxylic acid groups (broad SMARTS) is 2. The molecule has 0 aliphatic heterocycles. The van der Waals surface area contributed by atoms with Crippen LogP contribution in [0.3, 0.4) is 0 Å². The molecule has 0 spiro atoms. The second-order valence-electron chi connectivity index (χ2n) is 3.76. The number of thioether (sulfide) groups is 1. The van der Waals surface area contributed by atoms with Gasteiger partial charge in [0.15, 0.2) is 0 Å². The molecular weight excluding hydrogens is 317 g/mol. The summed E-state index contributed by atoms with van der Waals surface area (Å²) in [5, 5.41) is 18.0. The standard InChI is InChI=1S/C8H16N2O3S.C2HF3O2/c1-5(8(12)13)10-7(11)6(9)3-4-14-2;3-2(4,5)1(6)7/h5-6H,3-4,9H2,1-2H3,(H,10,11)(H,12,13);(H,6,7)/t5-,6+;/m0./s1. The third-order valence-corrected chi connectivity index (χ3v) is 2.59. The van der Waals surface area contributed by atoms with E-state index in [0.29, 0.717) is 6.42 Å². The van der Waals surface area contributed by atoms with Gasteiger partial charge in [-0.05, 0) is 25.4 Å². The minimum atomic E-state index is -5.08. The highest BCUT2D eigenvalue weighted by atomic mass is 32.2. The monoisotopic (exact) mass is 334 g/mol. The number of alkyl halides is 3. The first-order chi connectivity index (χ1) is 9.43. The summed E-state index contributed by atoms with van der Waals surface area (Å²) in [6, 6.07) is -1.51. The maximum Gasteiger partial charge on any atom is 0.490 e. The molecule has 0 bridgehead atoms. The maximum atomic E-state index is 11.3. The number of halogens is 3. The Labute approximate surface area is 123 Å². The highest BCUT2D eigenvalue weighted by molar-refractivity contribution is 7.98. The molecule has 5 N–H and O–H groups in total. The highest BCUT2D eigenvalue weighted by Crippen LogP contribution is 2.13. The first-order valence-corrected chi connectivity index (χ1v) is 6.90. The Morgan fingerprint density at radius 1 is 1.29 bits per heavy atom. The fourth-order valence-electron chi connectivity index (χ4n) is 0.758. The summed E-state index contributed by atoms with van der Waals surface area (Å²) in [6.45, 7) is 1.40. The molecule has 7 nitrogen and oxygen atoms in total. The second kappa shape index (κ2) is 10.3. The van der Waals surface area contributed by atoms with Crippen molar-refractivity contribution in [3.05, 3.63) is 0 Å². The minimum Gasteiger partial charge on any atom is -0.480 e. The van der Waals surface area contributed by atoms with Gasteiger partial charge in [-0.25, -0.2) is 4.79 Å². The molecule has 0 aromatic rings. The number of nitrogens with one attached hydrogen (secondary N) is 1. The summed E-state index contributed by atoms with van der Waals surface area (Å²) in [6.07, 6.45) is -2.61. The van der Waals surface area contributed by atoms with Crippen LogP contribution in [0.2, 0.25) is 0 Å². The lowest BCUT2D eigenvalue weighted by atomic mass is 10.2. The summed E-state index contributed by atoms with van der Waals surface area (Å²) < 4.78 is 31.7. The van der Waals surface area contributed by atoms with Crippen molar-refractivity contribution in [2.24, 2.45) is 5.73 Å². The van der Waals surface area contributed by atoms with Crippen molar-refractivity contribution in [2.45, 2.75) is 31.6 Å². The van der Waals surface area contributed by atoms with Crippen molar-refractivity contribution in [3.63, 3.8) is 0 Å². The van der Waals surface area contributed by atoms with E-state index in [2.05, 4.69) is 5.32 Å². The smallest absolute Gasteiger partial charge is 0.480 e. The first kappa shape index (κ1) is 21.8. The van der Waals surface area contributed by atoms with Gasteiger partial charge in [-0.1, -0.05) is 0 Å². The molecule has 0 rings (SSSR count). The van der Waals surface area contributed by atoms with Gasteiger partial charge in [-0.3, -0.25) is 9.59 Å². The van der Waals surface area contributed by atoms with E-state index in [1.54, 1.807) is 11.8 Å². The van der Waals surface area contributed by atoms with Crippen molar-refractivity contribution in [1.29, 1.82) is 0 Å². The molecule has 0 heterocycles. The van der Waals surface area contributed by atoms with Crippen LogP contribution in [-0.2, 0) is 14.4 Å². The zero-order valence-corrected chi connectivity index (χ0v) is 12.1. The van der Waals surface area contributed by atoms with E-state index in [4.69, 9.17) is 20.7 Å². The van der Waals surface area contributed by atoms with Gasteiger partial charge in [0.1, 0.15) is 6.04 Å². The van der Waals surface area contributed by atoms with Gasteiger partial charge in [-0.2, -0.15) is 24.9 Å². The van der Waals surface area contributed by atoms with Crippen LogP contribution in [-0.4, -0.2) is 58.3 Å². The number of carbonyl (C=O) groups is 3. The quantitative estimate of drug-likeness (QED) is 0.549. The summed E-state index contributed by atoms with van der Waals surface area (Å²) in [5.74, 6) is -3.44. The number of nitrogens with two attached hydrogens (primary N) is 1. The lowest BCUT2D eigenvalue weighted by molar-refractivity contribution is -0.192. The fraction of sp³-hybridized carbons (Fsp3) is 0.700. The number of aliphatic carboxylic acids is 2. The van der Waals surface area contributed by atoms with Gasteiger partial charge >= 0.3 is 18.1 Å². The predicted molar refractivity (Wildman–Crippen MR) is 69.9 cm³/mol. The Balaban J connectivity index is 0. The van der Waals surface area contributed by atoms with E-state index in [9.17, 15) is 22.8 Å². The van der Waals surface area contributed by atoms with E-state index >= 15 is 0 Å². The van der Waals surface area contributed by atoms with Gasteiger partial charge in [0.05, 0.1) is 6.04 Å². The molecule has 11 heteroatoms. The lowest BCUT2D eigenvalue weighted by Crippen LogP contribution is -2.47. The minimum absolute atomic E-state index is 0.408. The average molecular weight is 334 g/mol. The van der Waals surface area contributed by atoms with Crippen molar-refractivity contribution in [3.8, 4) is 0 Å². The molecule has 0 unspecified atom stereocenters. The normalized spacial score (nSPS) is 13.4. The Hall–Kier alpha value is -1.49. The zero-order valence-electron chi connectivity index (χ0n) is 11.3. The van der Waals surface area contributed by atoms with Crippen molar-refractivity contribution >= 4 is 29.6 Å². The van der Waals surface area contributed by atoms with E-state index in [1.165, 1.54) is 6.92 Å². The van der Waals surface area contributed by atoms with Gasteiger partial charge in [0, 0.05) is 0 Å². The van der Waals surface area contributed by atoms with Crippen LogP contribution in [0, 0.1) is 0 Å². The lowest BCUT2D eigenvalue weighted by Gasteiger charge is -2.13. The summed E-state index contributed by atoms with van der Waals surface area (Å²) >= 11 is 1.60. The predicted octanol–water partition coefficient (Wildman–Crippen LogP) is 0.289. The maximum absolute atomic E-state index is 11.3. The number of carbonyl (C=O) groups excluding carboxylic acids is 1.